The first-order chi connectivity index (χ1) is 6.40. The first-order valence-corrected chi connectivity index (χ1v) is 5.67. The van der Waals surface area contributed by atoms with E-state index in [-0.39, 0.29) is 0 Å². The molecule has 1 heteroatoms. The van der Waals surface area contributed by atoms with Crippen LogP contribution in [0.5, 0.6) is 0 Å². The zero-order valence-electron chi connectivity index (χ0n) is 7.92. The van der Waals surface area contributed by atoms with Gasteiger partial charge in [0, 0.05) is 9.75 Å². The maximum Gasteiger partial charge on any atom is 0.0342 e. The zero-order chi connectivity index (χ0) is 9.10. The van der Waals surface area contributed by atoms with Gasteiger partial charge in [-0.2, -0.15) is 0 Å². The van der Waals surface area contributed by atoms with Gasteiger partial charge in [-0.15, -0.1) is 11.3 Å². The van der Waals surface area contributed by atoms with E-state index in [1.54, 1.807) is 0 Å². The van der Waals surface area contributed by atoms with Crippen molar-refractivity contribution in [3.8, 4) is 0 Å². The van der Waals surface area contributed by atoms with Gasteiger partial charge in [-0.3, -0.25) is 0 Å². The van der Waals surface area contributed by atoms with E-state index in [4.69, 9.17) is 0 Å². The van der Waals surface area contributed by atoms with E-state index in [9.17, 15) is 0 Å². The average Bonchev–Trinajstić information content (AvgIpc) is 2.67. The van der Waals surface area contributed by atoms with Gasteiger partial charge in [-0.1, -0.05) is 25.2 Å². The Morgan fingerprint density at radius 3 is 2.85 bits per heavy atom. The summed E-state index contributed by atoms with van der Waals surface area (Å²) < 4.78 is 0. The van der Waals surface area contributed by atoms with Crippen molar-refractivity contribution in [2.75, 3.05) is 0 Å². The van der Waals surface area contributed by atoms with Gasteiger partial charge < -0.3 is 0 Å². The van der Waals surface area contributed by atoms with Gasteiger partial charge in [0.15, 0.2) is 0 Å². The van der Waals surface area contributed by atoms with E-state index in [1.165, 1.54) is 28.2 Å². The van der Waals surface area contributed by atoms with Gasteiger partial charge in [-0.25, -0.2) is 0 Å². The number of hydrogen-bond acceptors (Lipinski definition) is 1. The minimum atomic E-state index is 1.15. The normalized spacial score (nSPS) is 15.9. The smallest absolute Gasteiger partial charge is 0.0342 e. The van der Waals surface area contributed by atoms with Crippen LogP contribution in [0.4, 0.5) is 0 Å². The predicted molar refractivity (Wildman–Crippen MR) is 60.0 cm³/mol. The van der Waals surface area contributed by atoms with Crippen LogP contribution in [0.25, 0.3) is 5.57 Å². The van der Waals surface area contributed by atoms with E-state index in [1.807, 2.05) is 11.3 Å². The molecule has 1 aromatic rings. The number of thiophene rings is 1. The van der Waals surface area contributed by atoms with Gasteiger partial charge in [-0.05, 0) is 37.0 Å². The molecule has 2 rings (SSSR count). The summed E-state index contributed by atoms with van der Waals surface area (Å²) in [4.78, 5) is 2.91. The fourth-order valence-corrected chi connectivity index (χ4v) is 2.49. The second-order valence-corrected chi connectivity index (χ2v) is 4.43. The summed E-state index contributed by atoms with van der Waals surface area (Å²) in [7, 11) is 0. The van der Waals surface area contributed by atoms with Gasteiger partial charge in [0.2, 0.25) is 0 Å². The lowest BCUT2D eigenvalue weighted by molar-refractivity contribution is 1.04. The van der Waals surface area contributed by atoms with Gasteiger partial charge in [0.1, 0.15) is 0 Å². The van der Waals surface area contributed by atoms with Gasteiger partial charge in [0.05, 0.1) is 0 Å². The van der Waals surface area contributed by atoms with Crippen molar-refractivity contribution in [3.63, 3.8) is 0 Å². The van der Waals surface area contributed by atoms with E-state index in [0.29, 0.717) is 0 Å². The molecule has 0 fully saturated rings. The summed E-state index contributed by atoms with van der Waals surface area (Å²) in [5, 5.41) is 0. The third kappa shape index (κ3) is 1.92. The molecule has 1 aliphatic rings. The topological polar surface area (TPSA) is 0 Å². The van der Waals surface area contributed by atoms with Crippen LogP contribution in [-0.2, 0) is 6.42 Å². The predicted octanol–water partition coefficient (Wildman–Crippen LogP) is 4.04. The molecule has 0 aromatic carbocycles. The summed E-state index contributed by atoms with van der Waals surface area (Å²) in [5.74, 6) is 0. The van der Waals surface area contributed by atoms with Crippen LogP contribution >= 0.6 is 11.3 Å². The van der Waals surface area contributed by atoms with E-state index < -0.39 is 0 Å². The number of allylic oxidation sites excluding steroid dienone is 4. The Balaban J connectivity index is 2.24. The highest BCUT2D eigenvalue weighted by Gasteiger charge is 2.03. The van der Waals surface area contributed by atoms with Crippen LogP contribution in [0.2, 0.25) is 0 Å². The molecule has 0 unspecified atom stereocenters. The molecule has 0 aliphatic heterocycles. The summed E-state index contributed by atoms with van der Waals surface area (Å²) in [6.45, 7) is 2.21. The molecule has 0 amide bonds. The summed E-state index contributed by atoms with van der Waals surface area (Å²) >= 11 is 1.92. The van der Waals surface area contributed by atoms with Crippen LogP contribution in [0.15, 0.2) is 30.4 Å². The molecular weight excluding hydrogens is 176 g/mol. The van der Waals surface area contributed by atoms with Crippen molar-refractivity contribution < 1.29 is 0 Å². The van der Waals surface area contributed by atoms with Crippen LogP contribution in [-0.4, -0.2) is 0 Å². The fourth-order valence-electron chi connectivity index (χ4n) is 1.52. The molecule has 68 valence electrons. The third-order valence-electron chi connectivity index (χ3n) is 2.29. The van der Waals surface area contributed by atoms with E-state index >= 15 is 0 Å². The molecule has 1 aromatic heterocycles. The van der Waals surface area contributed by atoms with Crippen LogP contribution in [0.3, 0.4) is 0 Å². The highest BCUT2D eigenvalue weighted by Crippen LogP contribution is 2.28. The second-order valence-electron chi connectivity index (χ2n) is 3.26. The van der Waals surface area contributed by atoms with Crippen molar-refractivity contribution in [2.45, 2.75) is 26.2 Å². The molecule has 0 N–H and O–H groups in total. The molecule has 0 saturated carbocycles. The maximum absolute atomic E-state index is 2.34. The van der Waals surface area contributed by atoms with E-state index in [0.717, 1.165) is 6.42 Å². The van der Waals surface area contributed by atoms with Crippen molar-refractivity contribution in [2.24, 2.45) is 0 Å². The second kappa shape index (κ2) is 3.93. The average molecular weight is 190 g/mol. The number of aryl methyl sites for hydroxylation is 1. The molecule has 13 heavy (non-hydrogen) atoms. The molecular formula is C12H14S. The Morgan fingerprint density at radius 2 is 2.23 bits per heavy atom. The molecule has 0 bridgehead atoms. The lowest BCUT2D eigenvalue weighted by Crippen LogP contribution is -1.80. The summed E-state index contributed by atoms with van der Waals surface area (Å²) in [6, 6.07) is 4.48. The lowest BCUT2D eigenvalue weighted by atomic mass is 10.1. The largest absolute Gasteiger partial charge is 0.140 e. The lowest BCUT2D eigenvalue weighted by Gasteiger charge is -2.03. The zero-order valence-corrected chi connectivity index (χ0v) is 8.73. The molecule has 0 spiro atoms. The molecule has 0 radical (unpaired) electrons. The summed E-state index contributed by atoms with van der Waals surface area (Å²) in [6.07, 6.45) is 10.4. The quantitative estimate of drug-likeness (QED) is 0.660. The fraction of sp³-hybridized carbons (Fsp3) is 0.333. The van der Waals surface area contributed by atoms with Crippen molar-refractivity contribution in [3.05, 3.63) is 40.1 Å². The molecule has 1 heterocycles. The summed E-state index contributed by atoms with van der Waals surface area (Å²) in [5.41, 5.74) is 1.41. The van der Waals surface area contributed by atoms with Crippen LogP contribution in [0.1, 0.15) is 29.5 Å². The molecule has 0 atom stereocenters. The van der Waals surface area contributed by atoms with Crippen molar-refractivity contribution in [1.29, 1.82) is 0 Å². The highest BCUT2D eigenvalue weighted by atomic mass is 32.1. The first kappa shape index (κ1) is 8.76. The first-order valence-electron chi connectivity index (χ1n) is 4.86. The Bertz CT molecular complexity index is 342. The standard InChI is InChI=1S/C12H14S/c1-2-11-8-9-12(13-11)10-6-4-3-5-7-10/h4,6-9H,2-3,5H2,1H3. The SMILES string of the molecule is CCc1ccc(C2=CCCC=C2)s1. The minimum Gasteiger partial charge on any atom is -0.140 e. The Morgan fingerprint density at radius 1 is 1.31 bits per heavy atom. The third-order valence-corrected chi connectivity index (χ3v) is 3.57. The number of rotatable bonds is 2. The Kier molecular flexibility index (Phi) is 2.65. The highest BCUT2D eigenvalue weighted by molar-refractivity contribution is 7.13. The van der Waals surface area contributed by atoms with E-state index in [2.05, 4.69) is 37.3 Å². The maximum atomic E-state index is 2.34. The van der Waals surface area contributed by atoms with Gasteiger partial charge >= 0.3 is 0 Å². The molecule has 0 saturated heterocycles. The Hall–Kier alpha value is -0.820. The molecule has 1 aliphatic carbocycles. The van der Waals surface area contributed by atoms with Gasteiger partial charge in [0.25, 0.3) is 0 Å². The van der Waals surface area contributed by atoms with Crippen molar-refractivity contribution in [1.82, 2.24) is 0 Å². The van der Waals surface area contributed by atoms with Crippen LogP contribution < -0.4 is 0 Å². The monoisotopic (exact) mass is 190 g/mol. The van der Waals surface area contributed by atoms with Crippen LogP contribution in [0, 0.1) is 0 Å². The molecule has 0 nitrogen and oxygen atoms in total. The van der Waals surface area contributed by atoms with Crippen molar-refractivity contribution >= 4 is 16.9 Å². The Labute approximate surface area is 83.6 Å². The minimum absolute atomic E-state index is 1.15. The number of hydrogen-bond donors (Lipinski definition) is 0.